The summed E-state index contributed by atoms with van der Waals surface area (Å²) in [6.45, 7) is 4.17. The van der Waals surface area contributed by atoms with Crippen LogP contribution in [0.4, 0.5) is 5.95 Å². The number of hydrogen-bond donors (Lipinski definition) is 1. The molecular formula is C21H25N5O6. The molecule has 11 heteroatoms. The predicted molar refractivity (Wildman–Crippen MR) is 113 cm³/mol. The van der Waals surface area contributed by atoms with E-state index in [1.165, 1.54) is 13.2 Å². The Labute approximate surface area is 184 Å². The summed E-state index contributed by atoms with van der Waals surface area (Å²) >= 11 is 0. The molecule has 0 atom stereocenters. The van der Waals surface area contributed by atoms with Crippen molar-refractivity contribution >= 4 is 23.0 Å². The molecule has 32 heavy (non-hydrogen) atoms. The number of anilines is 1. The van der Waals surface area contributed by atoms with E-state index in [1.807, 2.05) is 6.07 Å². The van der Waals surface area contributed by atoms with Crippen molar-refractivity contribution in [2.75, 3.05) is 19.0 Å². The second kappa shape index (κ2) is 10.5. The van der Waals surface area contributed by atoms with E-state index >= 15 is 0 Å². The molecule has 1 N–H and O–H groups in total. The lowest BCUT2D eigenvalue weighted by atomic mass is 10.2. The van der Waals surface area contributed by atoms with Crippen LogP contribution in [0, 0.1) is 10.4 Å². The van der Waals surface area contributed by atoms with E-state index < -0.39 is 5.97 Å². The summed E-state index contributed by atoms with van der Waals surface area (Å²) < 4.78 is 16.3. The molecule has 3 aromatic rings. The van der Waals surface area contributed by atoms with Gasteiger partial charge in [-0.15, -0.1) is 0 Å². The third kappa shape index (κ3) is 5.91. The fourth-order valence-corrected chi connectivity index (χ4v) is 2.92. The van der Waals surface area contributed by atoms with Crippen LogP contribution in [0.15, 0.2) is 36.5 Å². The van der Waals surface area contributed by atoms with E-state index in [-0.39, 0.29) is 42.7 Å². The average Bonchev–Trinajstić information content (AvgIpc) is 2.76. The van der Waals surface area contributed by atoms with Crippen LogP contribution < -0.4 is 19.6 Å². The Morgan fingerprint density at radius 2 is 1.88 bits per heavy atom. The monoisotopic (exact) mass is 443 g/mol. The molecule has 170 valence electrons. The van der Waals surface area contributed by atoms with E-state index in [0.29, 0.717) is 27.6 Å². The molecule has 0 unspecified atom stereocenters. The molecule has 1 aromatic carbocycles. The Balaban J connectivity index is 1.64. The molecule has 0 aliphatic heterocycles. The molecule has 0 bridgehead atoms. The third-order valence-electron chi connectivity index (χ3n) is 4.37. The topological polar surface area (TPSA) is 136 Å². The van der Waals surface area contributed by atoms with Gasteiger partial charge in [-0.05, 0) is 37.1 Å². The molecule has 0 fully saturated rings. The molecule has 0 saturated heterocycles. The number of aromatic nitrogens is 4. The number of pyridine rings is 1. The van der Waals surface area contributed by atoms with Crippen molar-refractivity contribution in [3.05, 3.63) is 58.1 Å². The van der Waals surface area contributed by atoms with Crippen LogP contribution in [0.2, 0.25) is 0 Å². The van der Waals surface area contributed by atoms with Crippen molar-refractivity contribution in [2.24, 2.45) is 0 Å². The Kier molecular flexibility index (Phi) is 7.55. The molecule has 2 heterocycles. The van der Waals surface area contributed by atoms with Crippen molar-refractivity contribution < 1.29 is 28.6 Å². The number of carbonyl (C=O) groups is 1. The Morgan fingerprint density at radius 1 is 1.12 bits per heavy atom. The molecule has 0 radical (unpaired) electrons. The van der Waals surface area contributed by atoms with Gasteiger partial charge in [0.15, 0.2) is 5.52 Å². The summed E-state index contributed by atoms with van der Waals surface area (Å²) in [6, 6.07) is 8.38. The summed E-state index contributed by atoms with van der Waals surface area (Å²) in [5.41, 5.74) is 1.85. The number of fused-ring (bicyclic) bond motifs is 1. The van der Waals surface area contributed by atoms with Gasteiger partial charge in [0.2, 0.25) is 11.0 Å². The number of methoxy groups -OCH3 is 1. The summed E-state index contributed by atoms with van der Waals surface area (Å²) in [4.78, 5) is 16.0. The fourth-order valence-electron chi connectivity index (χ4n) is 2.92. The SMILES string of the molecule is COc1cc(COCc2ccc3c(c2)[n+]([O-])nc(NCCC(=O)OC(C)C)[n+]3[O-])ccn1. The lowest BCUT2D eigenvalue weighted by Crippen LogP contribution is -2.44. The van der Waals surface area contributed by atoms with E-state index in [9.17, 15) is 15.2 Å². The second-order valence-electron chi connectivity index (χ2n) is 7.23. The first-order valence-electron chi connectivity index (χ1n) is 10.0. The molecule has 3 rings (SSSR count). The first-order chi connectivity index (χ1) is 15.4. The predicted octanol–water partition coefficient (Wildman–Crippen LogP) is 1.38. The van der Waals surface area contributed by atoms with Gasteiger partial charge in [-0.2, -0.15) is 0 Å². The van der Waals surface area contributed by atoms with E-state index in [0.717, 1.165) is 5.56 Å². The van der Waals surface area contributed by atoms with Gasteiger partial charge in [0.25, 0.3) is 5.52 Å². The maximum atomic E-state index is 12.6. The first-order valence-corrected chi connectivity index (χ1v) is 10.0. The van der Waals surface area contributed by atoms with Crippen LogP contribution >= 0.6 is 0 Å². The average molecular weight is 443 g/mol. The fraction of sp³-hybridized carbons (Fsp3) is 0.381. The molecule has 2 aromatic heterocycles. The van der Waals surface area contributed by atoms with Crippen molar-refractivity contribution in [2.45, 2.75) is 39.6 Å². The van der Waals surface area contributed by atoms with Gasteiger partial charge in [-0.1, -0.05) is 6.07 Å². The number of nitrogens with zero attached hydrogens (tertiary/aromatic N) is 4. The minimum absolute atomic E-state index is 0.0381. The van der Waals surface area contributed by atoms with Crippen LogP contribution in [0.25, 0.3) is 11.0 Å². The summed E-state index contributed by atoms with van der Waals surface area (Å²) in [6.07, 6.45) is 1.45. The zero-order valence-electron chi connectivity index (χ0n) is 18.1. The van der Waals surface area contributed by atoms with Crippen LogP contribution in [0.3, 0.4) is 0 Å². The molecule has 0 saturated carbocycles. The largest absolute Gasteiger partial charge is 0.739 e. The lowest BCUT2D eigenvalue weighted by Gasteiger charge is -2.11. The van der Waals surface area contributed by atoms with Crippen LogP contribution in [-0.2, 0) is 27.5 Å². The quantitative estimate of drug-likeness (QED) is 0.280. The van der Waals surface area contributed by atoms with Crippen LogP contribution in [0.1, 0.15) is 31.4 Å². The van der Waals surface area contributed by atoms with Gasteiger partial charge in [-0.25, -0.2) is 9.71 Å². The van der Waals surface area contributed by atoms with Gasteiger partial charge in [-0.3, -0.25) is 10.1 Å². The first kappa shape index (κ1) is 22.9. The standard InChI is InChI=1S/C21H25N5O6/c1-14(2)32-20(27)7-9-23-21-24-26(29)18-10-15(4-5-17(18)25(21)28)12-31-13-16-6-8-22-19(11-16)30-3/h4-6,8,10-11,14H,7,9,12-13H2,1-3H3,(H,23,24). The minimum atomic E-state index is -0.407. The van der Waals surface area contributed by atoms with Gasteiger partial charge in [0, 0.05) is 23.2 Å². The second-order valence-corrected chi connectivity index (χ2v) is 7.23. The van der Waals surface area contributed by atoms with Gasteiger partial charge in [0.1, 0.15) is 0 Å². The van der Waals surface area contributed by atoms with Crippen molar-refractivity contribution in [1.82, 2.24) is 10.1 Å². The van der Waals surface area contributed by atoms with E-state index in [2.05, 4.69) is 15.4 Å². The van der Waals surface area contributed by atoms with E-state index in [1.54, 1.807) is 38.2 Å². The Bertz CT molecular complexity index is 1090. The van der Waals surface area contributed by atoms with Crippen LogP contribution in [0.5, 0.6) is 5.88 Å². The number of nitrogens with one attached hydrogen (secondary N) is 1. The zero-order chi connectivity index (χ0) is 23.1. The Morgan fingerprint density at radius 3 is 2.59 bits per heavy atom. The zero-order valence-corrected chi connectivity index (χ0v) is 18.1. The molecule has 0 aliphatic rings. The molecule has 0 spiro atoms. The lowest BCUT2D eigenvalue weighted by molar-refractivity contribution is -0.672. The Hall–Kier alpha value is -3.73. The molecular weight excluding hydrogens is 418 g/mol. The third-order valence-corrected chi connectivity index (χ3v) is 4.37. The maximum absolute atomic E-state index is 12.6. The highest BCUT2D eigenvalue weighted by Crippen LogP contribution is 2.14. The number of rotatable bonds is 10. The number of carbonyl (C=O) groups excluding carboxylic acids is 1. The van der Waals surface area contributed by atoms with Crippen molar-refractivity contribution in [1.29, 1.82) is 0 Å². The normalized spacial score (nSPS) is 11.0. The smallest absolute Gasteiger partial charge is 0.460 e. The highest BCUT2D eigenvalue weighted by molar-refractivity contribution is 5.70. The summed E-state index contributed by atoms with van der Waals surface area (Å²) in [5.74, 6) is -0.104. The van der Waals surface area contributed by atoms with Gasteiger partial charge < -0.3 is 24.6 Å². The van der Waals surface area contributed by atoms with E-state index in [4.69, 9.17) is 14.2 Å². The summed E-state index contributed by atoms with van der Waals surface area (Å²) in [5, 5.41) is 31.4. The van der Waals surface area contributed by atoms with Crippen molar-refractivity contribution in [3.8, 4) is 5.88 Å². The minimum Gasteiger partial charge on any atom is -0.739 e. The molecule has 11 nitrogen and oxygen atoms in total. The van der Waals surface area contributed by atoms with Gasteiger partial charge in [0.05, 0.1) is 39.4 Å². The maximum Gasteiger partial charge on any atom is 0.460 e. The molecule has 0 aliphatic carbocycles. The number of hydrogen-bond acceptors (Lipinski definition) is 9. The van der Waals surface area contributed by atoms with Gasteiger partial charge >= 0.3 is 11.9 Å². The van der Waals surface area contributed by atoms with Crippen molar-refractivity contribution in [3.63, 3.8) is 0 Å². The summed E-state index contributed by atoms with van der Waals surface area (Å²) in [7, 11) is 1.54. The number of esters is 1. The number of benzene rings is 1. The van der Waals surface area contributed by atoms with Crippen LogP contribution in [-0.4, -0.2) is 35.8 Å². The highest BCUT2D eigenvalue weighted by atomic mass is 16.5. The molecule has 0 amide bonds. The number of ether oxygens (including phenoxy) is 3. The highest BCUT2D eigenvalue weighted by Gasteiger charge is 2.21.